The number of nitrogens with zero attached hydrogens (tertiary/aromatic N) is 1. The second-order valence-electron chi connectivity index (χ2n) is 4.24. The fourth-order valence-electron chi connectivity index (χ4n) is 1.75. The highest BCUT2D eigenvalue weighted by Gasteiger charge is 2.06. The van der Waals surface area contributed by atoms with Crippen LogP contribution >= 0.6 is 0 Å². The van der Waals surface area contributed by atoms with Crippen LogP contribution in [0.3, 0.4) is 0 Å². The third kappa shape index (κ3) is 4.21. The van der Waals surface area contributed by atoms with Crippen LogP contribution in [0.25, 0.3) is 0 Å². The molecule has 1 heterocycles. The number of aliphatic carboxylic acids is 1. The van der Waals surface area contributed by atoms with E-state index in [2.05, 4.69) is 4.98 Å². The molecule has 0 amide bonds. The molecule has 2 aromatic rings. The summed E-state index contributed by atoms with van der Waals surface area (Å²) >= 11 is 0. The van der Waals surface area contributed by atoms with Gasteiger partial charge >= 0.3 is 5.97 Å². The van der Waals surface area contributed by atoms with Crippen molar-refractivity contribution in [2.75, 3.05) is 0 Å². The molecule has 0 fully saturated rings. The van der Waals surface area contributed by atoms with E-state index in [1.165, 1.54) is 12.1 Å². The molecule has 4 nitrogen and oxygen atoms in total. The minimum Gasteiger partial charge on any atom is -0.481 e. The van der Waals surface area contributed by atoms with Crippen LogP contribution in [0.2, 0.25) is 0 Å². The molecule has 1 aromatic carbocycles. The number of carboxylic acid groups (broad SMARTS) is 1. The van der Waals surface area contributed by atoms with E-state index in [-0.39, 0.29) is 12.2 Å². The molecule has 0 saturated carbocycles. The van der Waals surface area contributed by atoms with Crippen molar-refractivity contribution in [2.24, 2.45) is 0 Å². The van der Waals surface area contributed by atoms with Gasteiger partial charge < -0.3 is 9.52 Å². The Morgan fingerprint density at radius 2 is 2.16 bits per heavy atom. The summed E-state index contributed by atoms with van der Waals surface area (Å²) in [4.78, 5) is 14.5. The Bertz CT molecular complexity index is 565. The molecule has 0 radical (unpaired) electrons. The van der Waals surface area contributed by atoms with E-state index in [0.29, 0.717) is 30.9 Å². The Kier molecular flexibility index (Phi) is 4.28. The molecule has 0 spiro atoms. The first-order chi connectivity index (χ1) is 9.13. The summed E-state index contributed by atoms with van der Waals surface area (Å²) in [6.07, 6.45) is 3.11. The average molecular weight is 263 g/mol. The number of aromatic nitrogens is 1. The summed E-state index contributed by atoms with van der Waals surface area (Å²) in [5.74, 6) is -0.00828. The first-order valence-corrected chi connectivity index (χ1v) is 6.03. The van der Waals surface area contributed by atoms with Gasteiger partial charge in [0, 0.05) is 12.8 Å². The summed E-state index contributed by atoms with van der Waals surface area (Å²) in [6, 6.07) is 6.39. The third-order valence-electron chi connectivity index (χ3n) is 2.70. The largest absolute Gasteiger partial charge is 0.481 e. The number of aryl methyl sites for hydroxylation is 3. The molecular formula is C14H14FNO3. The van der Waals surface area contributed by atoms with Crippen molar-refractivity contribution < 1.29 is 18.7 Å². The molecule has 19 heavy (non-hydrogen) atoms. The lowest BCUT2D eigenvalue weighted by atomic mass is 10.1. The van der Waals surface area contributed by atoms with Crippen molar-refractivity contribution in [2.45, 2.75) is 25.7 Å². The fourth-order valence-corrected chi connectivity index (χ4v) is 1.75. The van der Waals surface area contributed by atoms with E-state index in [0.717, 1.165) is 5.56 Å². The molecule has 1 N–H and O–H groups in total. The summed E-state index contributed by atoms with van der Waals surface area (Å²) in [5, 5.41) is 8.56. The lowest BCUT2D eigenvalue weighted by Crippen LogP contribution is -1.96. The summed E-state index contributed by atoms with van der Waals surface area (Å²) in [5.41, 5.74) is 0.880. The van der Waals surface area contributed by atoms with E-state index in [9.17, 15) is 9.18 Å². The highest BCUT2D eigenvalue weighted by molar-refractivity contribution is 5.66. The number of oxazole rings is 1. The van der Waals surface area contributed by atoms with Crippen molar-refractivity contribution in [3.8, 4) is 0 Å². The monoisotopic (exact) mass is 263 g/mol. The van der Waals surface area contributed by atoms with Gasteiger partial charge in [0.1, 0.15) is 11.6 Å². The molecule has 0 unspecified atom stereocenters. The fraction of sp³-hybridized carbons (Fsp3) is 0.286. The molecule has 0 aliphatic heterocycles. The number of carbonyl (C=O) groups is 1. The van der Waals surface area contributed by atoms with Gasteiger partial charge in [0.05, 0.1) is 12.6 Å². The summed E-state index contributed by atoms with van der Waals surface area (Å²) in [6.45, 7) is 0. The number of benzene rings is 1. The van der Waals surface area contributed by atoms with Gasteiger partial charge in [-0.2, -0.15) is 0 Å². The highest BCUT2D eigenvalue weighted by atomic mass is 19.1. The molecule has 1 aromatic heterocycles. The van der Waals surface area contributed by atoms with Crippen LogP contribution in [0.5, 0.6) is 0 Å². The zero-order valence-electron chi connectivity index (χ0n) is 10.3. The number of hydrogen-bond acceptors (Lipinski definition) is 3. The van der Waals surface area contributed by atoms with Crippen LogP contribution in [0, 0.1) is 5.82 Å². The number of rotatable bonds is 6. The van der Waals surface area contributed by atoms with Gasteiger partial charge in [-0.3, -0.25) is 4.79 Å². The van der Waals surface area contributed by atoms with E-state index < -0.39 is 5.97 Å². The molecule has 0 bridgehead atoms. The standard InChI is InChI=1S/C14H14FNO3/c15-11-3-1-2-10(8-11)4-6-13-16-9-12(19-13)5-7-14(17)18/h1-3,8-9H,4-7H2,(H,17,18). The predicted octanol–water partition coefficient (Wildman–Crippen LogP) is 2.62. The molecule has 0 aliphatic carbocycles. The highest BCUT2D eigenvalue weighted by Crippen LogP contribution is 2.11. The molecular weight excluding hydrogens is 249 g/mol. The van der Waals surface area contributed by atoms with Gasteiger partial charge in [0.2, 0.25) is 0 Å². The Balaban J connectivity index is 1.88. The van der Waals surface area contributed by atoms with E-state index in [4.69, 9.17) is 9.52 Å². The van der Waals surface area contributed by atoms with E-state index in [1.54, 1.807) is 12.3 Å². The number of carboxylic acids is 1. The maximum atomic E-state index is 13.0. The van der Waals surface area contributed by atoms with Crippen LogP contribution in [-0.2, 0) is 24.1 Å². The van der Waals surface area contributed by atoms with Crippen LogP contribution < -0.4 is 0 Å². The minimum atomic E-state index is -0.863. The normalized spacial score (nSPS) is 10.6. The maximum absolute atomic E-state index is 13.0. The first kappa shape index (κ1) is 13.3. The molecule has 5 heteroatoms. The molecule has 0 aliphatic rings. The maximum Gasteiger partial charge on any atom is 0.303 e. The molecule has 0 atom stereocenters. The van der Waals surface area contributed by atoms with E-state index in [1.807, 2.05) is 6.07 Å². The first-order valence-electron chi connectivity index (χ1n) is 6.03. The zero-order valence-corrected chi connectivity index (χ0v) is 10.3. The van der Waals surface area contributed by atoms with Crippen LogP contribution in [0.1, 0.15) is 23.6 Å². The smallest absolute Gasteiger partial charge is 0.303 e. The van der Waals surface area contributed by atoms with Crippen LogP contribution in [0.15, 0.2) is 34.9 Å². The van der Waals surface area contributed by atoms with Gasteiger partial charge in [0.25, 0.3) is 0 Å². The van der Waals surface area contributed by atoms with Crippen molar-refractivity contribution in [3.63, 3.8) is 0 Å². The Hall–Kier alpha value is -2.17. The second-order valence-corrected chi connectivity index (χ2v) is 4.24. The van der Waals surface area contributed by atoms with Crippen molar-refractivity contribution in [1.29, 1.82) is 0 Å². The Morgan fingerprint density at radius 1 is 1.32 bits per heavy atom. The SMILES string of the molecule is O=C(O)CCc1cnc(CCc2cccc(F)c2)o1. The van der Waals surface area contributed by atoms with Gasteiger partial charge in [-0.25, -0.2) is 9.37 Å². The van der Waals surface area contributed by atoms with Gasteiger partial charge in [0.15, 0.2) is 5.89 Å². The molecule has 2 rings (SSSR count). The molecule has 0 saturated heterocycles. The summed E-state index contributed by atoms with van der Waals surface area (Å²) < 4.78 is 18.4. The Labute approximate surface area is 109 Å². The van der Waals surface area contributed by atoms with E-state index >= 15 is 0 Å². The lowest BCUT2D eigenvalue weighted by Gasteiger charge is -1.98. The van der Waals surface area contributed by atoms with Gasteiger partial charge in [-0.15, -0.1) is 0 Å². The summed E-state index contributed by atoms with van der Waals surface area (Å²) in [7, 11) is 0. The van der Waals surface area contributed by atoms with Crippen LogP contribution in [-0.4, -0.2) is 16.1 Å². The van der Waals surface area contributed by atoms with Crippen molar-refractivity contribution in [1.82, 2.24) is 4.98 Å². The van der Waals surface area contributed by atoms with Gasteiger partial charge in [-0.1, -0.05) is 12.1 Å². The molecule has 100 valence electrons. The predicted molar refractivity (Wildman–Crippen MR) is 66.3 cm³/mol. The number of hydrogen-bond donors (Lipinski definition) is 1. The van der Waals surface area contributed by atoms with Crippen molar-refractivity contribution >= 4 is 5.97 Å². The average Bonchev–Trinajstić information content (AvgIpc) is 2.82. The quantitative estimate of drug-likeness (QED) is 0.870. The van der Waals surface area contributed by atoms with Crippen LogP contribution in [0.4, 0.5) is 4.39 Å². The lowest BCUT2D eigenvalue weighted by molar-refractivity contribution is -0.137. The van der Waals surface area contributed by atoms with Gasteiger partial charge in [-0.05, 0) is 24.1 Å². The van der Waals surface area contributed by atoms with Crippen molar-refractivity contribution in [3.05, 3.63) is 53.5 Å². The topological polar surface area (TPSA) is 63.3 Å². The Morgan fingerprint density at radius 3 is 2.89 bits per heavy atom. The zero-order chi connectivity index (χ0) is 13.7. The number of halogens is 1. The third-order valence-corrected chi connectivity index (χ3v) is 2.70. The second kappa shape index (κ2) is 6.13. The minimum absolute atomic E-state index is 0.0263.